The molecule has 1 amide bonds. The summed E-state index contributed by atoms with van der Waals surface area (Å²) in [6.45, 7) is 7.75. The minimum absolute atomic E-state index is 0.0590. The van der Waals surface area contributed by atoms with Gasteiger partial charge < -0.3 is 9.64 Å². The molecule has 3 aromatic rings. The summed E-state index contributed by atoms with van der Waals surface area (Å²) in [5.41, 5.74) is 3.28. The van der Waals surface area contributed by atoms with E-state index in [1.807, 2.05) is 46.8 Å². The lowest BCUT2D eigenvalue weighted by Crippen LogP contribution is -2.29. The van der Waals surface area contributed by atoms with Crippen molar-refractivity contribution in [3.63, 3.8) is 0 Å². The number of hydrogen-bond acceptors (Lipinski definition) is 5. The third-order valence-corrected chi connectivity index (χ3v) is 5.99. The van der Waals surface area contributed by atoms with Gasteiger partial charge >= 0.3 is 0 Å². The molecule has 2 heterocycles. The predicted molar refractivity (Wildman–Crippen MR) is 107 cm³/mol. The van der Waals surface area contributed by atoms with Crippen LogP contribution in [0.5, 0.6) is 5.75 Å². The van der Waals surface area contributed by atoms with Gasteiger partial charge in [0.2, 0.25) is 0 Å². The molecule has 0 spiro atoms. The van der Waals surface area contributed by atoms with Crippen molar-refractivity contribution in [1.82, 2.24) is 9.88 Å². The van der Waals surface area contributed by atoms with Gasteiger partial charge in [0.15, 0.2) is 0 Å². The fraction of sp³-hybridized carbons (Fsp3) is 0.300. The lowest BCUT2D eigenvalue weighted by molar-refractivity contribution is 0.0755. The molecular formula is C20H22N2O2S2. The van der Waals surface area contributed by atoms with Crippen molar-refractivity contribution < 1.29 is 9.53 Å². The van der Waals surface area contributed by atoms with Crippen molar-refractivity contribution in [3.05, 3.63) is 67.8 Å². The monoisotopic (exact) mass is 386 g/mol. The highest BCUT2D eigenvalue weighted by molar-refractivity contribution is 7.12. The molecule has 4 nitrogen and oxygen atoms in total. The van der Waals surface area contributed by atoms with Crippen LogP contribution in [0.4, 0.5) is 0 Å². The van der Waals surface area contributed by atoms with Gasteiger partial charge in [0.05, 0.1) is 17.1 Å². The van der Waals surface area contributed by atoms with Gasteiger partial charge in [-0.05, 0) is 49.4 Å². The summed E-state index contributed by atoms with van der Waals surface area (Å²) in [7, 11) is 0. The van der Waals surface area contributed by atoms with Gasteiger partial charge in [-0.2, -0.15) is 0 Å². The molecule has 0 saturated carbocycles. The fourth-order valence-corrected chi connectivity index (χ4v) is 3.97. The Hall–Kier alpha value is -2.18. The number of carbonyl (C=O) groups excluding carboxylic acids is 1. The van der Waals surface area contributed by atoms with Gasteiger partial charge in [-0.15, -0.1) is 22.7 Å². The first kappa shape index (κ1) is 18.6. The second-order valence-corrected chi connectivity index (χ2v) is 7.91. The molecule has 0 bridgehead atoms. The summed E-state index contributed by atoms with van der Waals surface area (Å²) in [6.07, 6.45) is 0. The fourth-order valence-electron chi connectivity index (χ4n) is 2.59. The molecule has 0 N–H and O–H groups in total. The normalized spacial score (nSPS) is 10.7. The highest BCUT2D eigenvalue weighted by Crippen LogP contribution is 2.23. The zero-order valence-electron chi connectivity index (χ0n) is 15.2. The average molecular weight is 387 g/mol. The lowest BCUT2D eigenvalue weighted by Gasteiger charge is -2.18. The zero-order valence-corrected chi connectivity index (χ0v) is 16.8. The Morgan fingerprint density at radius 2 is 2.04 bits per heavy atom. The number of benzene rings is 1. The van der Waals surface area contributed by atoms with Crippen LogP contribution in [0.2, 0.25) is 0 Å². The molecule has 0 fully saturated rings. The number of aromatic nitrogens is 1. The number of carbonyl (C=O) groups is 1. The number of rotatable bonds is 7. The van der Waals surface area contributed by atoms with Crippen molar-refractivity contribution in [2.24, 2.45) is 0 Å². The maximum absolute atomic E-state index is 12.5. The van der Waals surface area contributed by atoms with Crippen LogP contribution in [0.25, 0.3) is 0 Å². The summed E-state index contributed by atoms with van der Waals surface area (Å²) >= 11 is 3.04. The molecule has 0 aliphatic rings. The van der Waals surface area contributed by atoms with E-state index in [2.05, 4.69) is 24.9 Å². The Balaban J connectivity index is 1.62. The third kappa shape index (κ3) is 4.31. The van der Waals surface area contributed by atoms with Gasteiger partial charge in [0, 0.05) is 11.9 Å². The Kier molecular flexibility index (Phi) is 6.06. The number of nitrogens with zero attached hydrogens (tertiary/aromatic N) is 2. The van der Waals surface area contributed by atoms with E-state index in [0.717, 1.165) is 26.9 Å². The molecule has 2 aromatic heterocycles. The first-order valence-electron chi connectivity index (χ1n) is 8.53. The predicted octanol–water partition coefficient (Wildman–Crippen LogP) is 5.06. The van der Waals surface area contributed by atoms with E-state index in [1.165, 1.54) is 16.9 Å². The van der Waals surface area contributed by atoms with Crippen LogP contribution in [0.15, 0.2) is 41.1 Å². The maximum Gasteiger partial charge on any atom is 0.264 e. The summed E-state index contributed by atoms with van der Waals surface area (Å²) in [5.74, 6) is 0.952. The molecular weight excluding hydrogens is 364 g/mol. The molecule has 1 aromatic carbocycles. The summed E-state index contributed by atoms with van der Waals surface area (Å²) in [4.78, 5) is 19.7. The molecule has 26 heavy (non-hydrogen) atoms. The number of thiophene rings is 1. The van der Waals surface area contributed by atoms with Gasteiger partial charge in [-0.25, -0.2) is 4.98 Å². The van der Waals surface area contributed by atoms with E-state index < -0.39 is 0 Å². The molecule has 6 heteroatoms. The summed E-state index contributed by atoms with van der Waals surface area (Å²) < 4.78 is 5.92. The summed E-state index contributed by atoms with van der Waals surface area (Å²) in [6, 6.07) is 9.82. The molecule has 0 aliphatic heterocycles. The van der Waals surface area contributed by atoms with Crippen molar-refractivity contribution >= 4 is 28.6 Å². The second kappa shape index (κ2) is 8.47. The zero-order chi connectivity index (χ0) is 18.5. The minimum atomic E-state index is 0.0590. The average Bonchev–Trinajstić information content (AvgIpc) is 3.32. The molecule has 0 atom stereocenters. The van der Waals surface area contributed by atoms with Crippen molar-refractivity contribution in [3.8, 4) is 5.75 Å². The lowest BCUT2D eigenvalue weighted by atomic mass is 10.1. The molecule has 3 rings (SSSR count). The maximum atomic E-state index is 12.5. The smallest absolute Gasteiger partial charge is 0.264 e. The summed E-state index contributed by atoms with van der Waals surface area (Å²) in [5, 5.41) is 4.85. The molecule has 0 unspecified atom stereocenters. The van der Waals surface area contributed by atoms with Crippen LogP contribution in [0.1, 0.15) is 38.4 Å². The van der Waals surface area contributed by atoms with Crippen LogP contribution >= 0.6 is 22.7 Å². The van der Waals surface area contributed by atoms with E-state index >= 15 is 0 Å². The molecule has 0 saturated heterocycles. The largest absolute Gasteiger partial charge is 0.486 e. The van der Waals surface area contributed by atoms with E-state index in [4.69, 9.17) is 4.74 Å². The van der Waals surface area contributed by atoms with Crippen LogP contribution in [0, 0.1) is 13.8 Å². The SMILES string of the molecule is CCN(Cc1csc(COc2cccc(C)c2C)n1)C(=O)c1cccs1. The quantitative estimate of drug-likeness (QED) is 0.570. The number of amides is 1. The molecule has 136 valence electrons. The number of ether oxygens (including phenoxy) is 1. The van der Waals surface area contributed by atoms with E-state index in [0.29, 0.717) is 19.7 Å². The highest BCUT2D eigenvalue weighted by atomic mass is 32.1. The van der Waals surface area contributed by atoms with E-state index in [9.17, 15) is 4.79 Å². The van der Waals surface area contributed by atoms with E-state index in [1.54, 1.807) is 11.3 Å². The number of aryl methyl sites for hydroxylation is 1. The van der Waals surface area contributed by atoms with Gasteiger partial charge in [-0.3, -0.25) is 4.79 Å². The number of thiazole rings is 1. The standard InChI is InChI=1S/C20H22N2O2S2/c1-4-22(20(23)18-9-6-10-25-18)11-16-13-26-19(21-16)12-24-17-8-5-7-14(2)15(17)3/h5-10,13H,4,11-12H2,1-3H3. The van der Waals surface area contributed by atoms with Gasteiger partial charge in [0.1, 0.15) is 17.4 Å². The van der Waals surface area contributed by atoms with E-state index in [-0.39, 0.29) is 5.91 Å². The highest BCUT2D eigenvalue weighted by Gasteiger charge is 2.17. The Morgan fingerprint density at radius 1 is 1.19 bits per heavy atom. The number of hydrogen-bond donors (Lipinski definition) is 0. The van der Waals surface area contributed by atoms with Crippen LogP contribution in [0.3, 0.4) is 0 Å². The van der Waals surface area contributed by atoms with Crippen LogP contribution in [-0.4, -0.2) is 22.3 Å². The van der Waals surface area contributed by atoms with Crippen molar-refractivity contribution in [2.75, 3.05) is 6.54 Å². The first-order chi connectivity index (χ1) is 12.6. The Bertz CT molecular complexity index is 872. The third-order valence-electron chi connectivity index (χ3n) is 4.26. The molecule has 0 radical (unpaired) electrons. The van der Waals surface area contributed by atoms with Crippen molar-refractivity contribution in [1.29, 1.82) is 0 Å². The molecule has 0 aliphatic carbocycles. The van der Waals surface area contributed by atoms with Gasteiger partial charge in [-0.1, -0.05) is 18.2 Å². The topological polar surface area (TPSA) is 42.4 Å². The van der Waals surface area contributed by atoms with Crippen molar-refractivity contribution in [2.45, 2.75) is 33.9 Å². The van der Waals surface area contributed by atoms with Crippen LogP contribution in [-0.2, 0) is 13.2 Å². The van der Waals surface area contributed by atoms with Gasteiger partial charge in [0.25, 0.3) is 5.91 Å². The minimum Gasteiger partial charge on any atom is -0.486 e. The first-order valence-corrected chi connectivity index (χ1v) is 10.3. The second-order valence-electron chi connectivity index (χ2n) is 6.02. The Labute approximate surface area is 162 Å². The van der Waals surface area contributed by atoms with Crippen LogP contribution < -0.4 is 4.74 Å². The Morgan fingerprint density at radius 3 is 2.77 bits per heavy atom.